The molecule has 1 aromatic carbocycles. The molecule has 1 N–H and O–H groups in total. The molecule has 2 heterocycles. The van der Waals surface area contributed by atoms with Crippen LogP contribution in [0, 0.1) is 0 Å². The van der Waals surface area contributed by atoms with Crippen molar-refractivity contribution < 1.29 is 28.6 Å². The minimum absolute atomic E-state index is 0.0365. The van der Waals surface area contributed by atoms with Crippen LogP contribution in [-0.2, 0) is 9.53 Å². The molecule has 1 aromatic heterocycles. The quantitative estimate of drug-likeness (QED) is 0.766. The summed E-state index contributed by atoms with van der Waals surface area (Å²) in [7, 11) is 3.02. The predicted molar refractivity (Wildman–Crippen MR) is 92.0 cm³/mol. The summed E-state index contributed by atoms with van der Waals surface area (Å²) < 4.78 is 15.6. The van der Waals surface area contributed by atoms with Crippen molar-refractivity contribution >= 4 is 11.7 Å². The minimum Gasteiger partial charge on any atom is -0.503 e. The minimum atomic E-state index is -0.800. The average molecular weight is 357 g/mol. The molecule has 1 unspecified atom stereocenters. The lowest BCUT2D eigenvalue weighted by molar-refractivity contribution is -0.130. The van der Waals surface area contributed by atoms with Gasteiger partial charge in [-0.3, -0.25) is 9.59 Å². The van der Waals surface area contributed by atoms with Gasteiger partial charge in [0.25, 0.3) is 5.91 Å². The number of furan rings is 1. The van der Waals surface area contributed by atoms with E-state index in [0.717, 1.165) is 0 Å². The summed E-state index contributed by atoms with van der Waals surface area (Å²) in [4.78, 5) is 26.9. The van der Waals surface area contributed by atoms with Gasteiger partial charge < -0.3 is 23.9 Å². The number of benzene rings is 1. The molecule has 0 bridgehead atoms. The number of nitrogens with zero attached hydrogens (tertiary/aromatic N) is 1. The Kier molecular flexibility index (Phi) is 5.09. The van der Waals surface area contributed by atoms with Crippen LogP contribution in [0.5, 0.6) is 5.75 Å². The maximum Gasteiger partial charge on any atom is 0.290 e. The normalized spacial score (nSPS) is 17.1. The summed E-state index contributed by atoms with van der Waals surface area (Å²) in [5.74, 6) is -1.21. The first-order chi connectivity index (χ1) is 12.6. The van der Waals surface area contributed by atoms with E-state index < -0.39 is 23.5 Å². The summed E-state index contributed by atoms with van der Waals surface area (Å²) >= 11 is 0. The van der Waals surface area contributed by atoms with Gasteiger partial charge in [-0.1, -0.05) is 18.2 Å². The summed E-state index contributed by atoms with van der Waals surface area (Å²) in [6.07, 6.45) is 1.36. The van der Waals surface area contributed by atoms with Crippen molar-refractivity contribution in [1.82, 2.24) is 4.90 Å². The van der Waals surface area contributed by atoms with Crippen LogP contribution in [0.3, 0.4) is 0 Å². The third kappa shape index (κ3) is 2.97. The number of aliphatic hydroxyl groups is 1. The predicted octanol–water partition coefficient (Wildman–Crippen LogP) is 2.51. The van der Waals surface area contributed by atoms with Crippen LogP contribution in [0.2, 0.25) is 0 Å². The van der Waals surface area contributed by atoms with Gasteiger partial charge in [0.1, 0.15) is 5.75 Å². The van der Waals surface area contributed by atoms with Crippen molar-refractivity contribution in [3.05, 3.63) is 65.3 Å². The van der Waals surface area contributed by atoms with Gasteiger partial charge >= 0.3 is 0 Å². The zero-order chi connectivity index (χ0) is 18.7. The van der Waals surface area contributed by atoms with E-state index in [2.05, 4.69) is 0 Å². The molecule has 136 valence electrons. The standard InChI is InChI=1S/C19H19NO6/c1-24-11-9-20-16(12-6-3-4-7-13(12)25-2)15(18(22)19(20)23)17(21)14-8-5-10-26-14/h3-8,10,16,22H,9,11H2,1-2H3. The molecule has 1 atom stereocenters. The van der Waals surface area contributed by atoms with Crippen LogP contribution in [0.4, 0.5) is 0 Å². The molecule has 0 saturated carbocycles. The number of para-hydroxylation sites is 1. The van der Waals surface area contributed by atoms with Crippen molar-refractivity contribution in [2.75, 3.05) is 27.4 Å². The van der Waals surface area contributed by atoms with E-state index >= 15 is 0 Å². The third-order valence-corrected chi connectivity index (χ3v) is 4.26. The number of Topliss-reactive ketones (excluding diaryl/α,β-unsaturated/α-hetero) is 1. The van der Waals surface area contributed by atoms with E-state index in [1.807, 2.05) is 0 Å². The lowest BCUT2D eigenvalue weighted by atomic mass is 9.94. The molecule has 0 fully saturated rings. The molecule has 1 aliphatic rings. The number of carbonyl (C=O) groups is 2. The van der Waals surface area contributed by atoms with Crippen LogP contribution in [-0.4, -0.2) is 49.1 Å². The van der Waals surface area contributed by atoms with Crippen LogP contribution in [0.15, 0.2) is 58.4 Å². The maximum absolute atomic E-state index is 12.9. The highest BCUT2D eigenvalue weighted by Crippen LogP contribution is 2.42. The number of rotatable bonds is 7. The van der Waals surface area contributed by atoms with E-state index in [9.17, 15) is 14.7 Å². The number of carbonyl (C=O) groups excluding carboxylic acids is 2. The Bertz CT molecular complexity index is 839. The second-order valence-electron chi connectivity index (χ2n) is 5.70. The largest absolute Gasteiger partial charge is 0.503 e. The molecule has 7 nitrogen and oxygen atoms in total. The van der Waals surface area contributed by atoms with E-state index in [0.29, 0.717) is 11.3 Å². The Morgan fingerprint density at radius 3 is 2.65 bits per heavy atom. The molecule has 2 aromatic rings. The number of amides is 1. The molecule has 1 aliphatic heterocycles. The number of ketones is 1. The van der Waals surface area contributed by atoms with Gasteiger partial charge in [0.2, 0.25) is 5.78 Å². The molecule has 3 rings (SSSR count). The number of hydrogen-bond donors (Lipinski definition) is 1. The molecule has 0 aliphatic carbocycles. The lowest BCUT2D eigenvalue weighted by Gasteiger charge is -2.27. The molecular weight excluding hydrogens is 338 g/mol. The monoisotopic (exact) mass is 357 g/mol. The Hall–Kier alpha value is -3.06. The maximum atomic E-state index is 12.9. The second-order valence-corrected chi connectivity index (χ2v) is 5.70. The summed E-state index contributed by atoms with van der Waals surface area (Å²) in [6.45, 7) is 0.462. The van der Waals surface area contributed by atoms with Crippen molar-refractivity contribution in [3.63, 3.8) is 0 Å². The van der Waals surface area contributed by atoms with E-state index in [4.69, 9.17) is 13.9 Å². The van der Waals surface area contributed by atoms with Crippen molar-refractivity contribution in [2.45, 2.75) is 6.04 Å². The highest BCUT2D eigenvalue weighted by Gasteiger charge is 2.45. The highest BCUT2D eigenvalue weighted by atomic mass is 16.5. The first-order valence-corrected chi connectivity index (χ1v) is 8.04. The van der Waals surface area contributed by atoms with Gasteiger partial charge in [0, 0.05) is 19.2 Å². The average Bonchev–Trinajstić information content (AvgIpc) is 3.28. The van der Waals surface area contributed by atoms with E-state index in [-0.39, 0.29) is 24.5 Å². The van der Waals surface area contributed by atoms with Gasteiger partial charge in [0.15, 0.2) is 11.5 Å². The third-order valence-electron chi connectivity index (χ3n) is 4.26. The fraction of sp³-hybridized carbons (Fsp3) is 0.263. The Morgan fingerprint density at radius 1 is 1.23 bits per heavy atom. The van der Waals surface area contributed by atoms with Gasteiger partial charge in [0.05, 0.1) is 31.6 Å². The molecule has 0 radical (unpaired) electrons. The number of hydrogen-bond acceptors (Lipinski definition) is 6. The SMILES string of the molecule is COCCN1C(=O)C(O)=C(C(=O)c2ccco2)C1c1ccccc1OC. The van der Waals surface area contributed by atoms with Crippen molar-refractivity contribution in [3.8, 4) is 5.75 Å². The van der Waals surface area contributed by atoms with Crippen molar-refractivity contribution in [2.24, 2.45) is 0 Å². The molecule has 0 spiro atoms. The first-order valence-electron chi connectivity index (χ1n) is 8.04. The fourth-order valence-corrected chi connectivity index (χ4v) is 3.06. The molecular formula is C19H19NO6. The van der Waals surface area contributed by atoms with Crippen LogP contribution >= 0.6 is 0 Å². The van der Waals surface area contributed by atoms with Gasteiger partial charge in [-0.15, -0.1) is 0 Å². The first kappa shape index (κ1) is 17.8. The fourth-order valence-electron chi connectivity index (χ4n) is 3.06. The smallest absolute Gasteiger partial charge is 0.290 e. The Labute approximate surface area is 150 Å². The molecule has 26 heavy (non-hydrogen) atoms. The molecule has 7 heteroatoms. The van der Waals surface area contributed by atoms with Crippen LogP contribution in [0.25, 0.3) is 0 Å². The van der Waals surface area contributed by atoms with E-state index in [1.165, 1.54) is 31.4 Å². The number of methoxy groups -OCH3 is 2. The Morgan fingerprint density at radius 2 is 2.00 bits per heavy atom. The topological polar surface area (TPSA) is 89.2 Å². The Balaban J connectivity index is 2.12. The highest BCUT2D eigenvalue weighted by molar-refractivity contribution is 6.15. The number of aliphatic hydroxyl groups excluding tert-OH is 1. The van der Waals surface area contributed by atoms with Crippen molar-refractivity contribution in [1.29, 1.82) is 0 Å². The van der Waals surface area contributed by atoms with E-state index in [1.54, 1.807) is 30.3 Å². The second kappa shape index (κ2) is 7.45. The molecule has 0 saturated heterocycles. The van der Waals surface area contributed by atoms with Gasteiger partial charge in [-0.05, 0) is 18.2 Å². The van der Waals surface area contributed by atoms with Gasteiger partial charge in [-0.2, -0.15) is 0 Å². The van der Waals surface area contributed by atoms with Gasteiger partial charge in [-0.25, -0.2) is 0 Å². The lowest BCUT2D eigenvalue weighted by Crippen LogP contribution is -2.34. The zero-order valence-corrected chi connectivity index (χ0v) is 14.5. The van der Waals surface area contributed by atoms with Crippen LogP contribution in [0.1, 0.15) is 22.2 Å². The van der Waals surface area contributed by atoms with Crippen LogP contribution < -0.4 is 4.74 Å². The summed E-state index contributed by atoms with van der Waals surface area (Å²) in [5, 5.41) is 10.4. The summed E-state index contributed by atoms with van der Waals surface area (Å²) in [5.41, 5.74) is 0.559. The molecule has 1 amide bonds. The number of ether oxygens (including phenoxy) is 2. The zero-order valence-electron chi connectivity index (χ0n) is 14.5. The summed E-state index contributed by atoms with van der Waals surface area (Å²) in [6, 6.07) is 9.32.